The largest absolute Gasteiger partial charge is 0.744 e. The predicted octanol–water partition coefficient (Wildman–Crippen LogP) is 3.77. The van der Waals surface area contributed by atoms with Gasteiger partial charge in [-0.1, -0.05) is 47.6 Å². The summed E-state index contributed by atoms with van der Waals surface area (Å²) in [7, 11) is -4.64. The van der Waals surface area contributed by atoms with E-state index in [4.69, 9.17) is 0 Å². The molecule has 0 radical (unpaired) electrons. The van der Waals surface area contributed by atoms with Crippen molar-refractivity contribution in [3.63, 3.8) is 0 Å². The Kier molecular flexibility index (Phi) is 5.34. The molecule has 1 aromatic carbocycles. The monoisotopic (exact) mass is 311 g/mol. The number of hydrogen-bond acceptors (Lipinski definition) is 4. The number of carbonyl (C=O) groups excluding carboxylic acids is 1. The maximum absolute atomic E-state index is 11.8. The summed E-state index contributed by atoms with van der Waals surface area (Å²) >= 11 is 0. The van der Waals surface area contributed by atoms with E-state index in [1.165, 1.54) is 0 Å². The maximum Gasteiger partial charge on any atom is 0.150 e. The molecule has 0 atom stereocenters. The molecule has 0 aliphatic carbocycles. The fraction of sp³-hybridized carbons (Fsp3) is 0.562. The number of aldehydes is 1. The van der Waals surface area contributed by atoms with Gasteiger partial charge in [-0.25, -0.2) is 8.42 Å². The van der Waals surface area contributed by atoms with Gasteiger partial charge in [-0.2, -0.15) is 0 Å². The standard InChI is InChI=1S/C16H24O4S/c1-9(2)12-7-13(10(3)4)16(21(18,19)20)15(11(5)6)14(12)8-17/h7-11H,1-6H3,(H,18,19,20)/p-1. The minimum Gasteiger partial charge on any atom is -0.744 e. The average Bonchev–Trinajstić information content (AvgIpc) is 2.34. The molecule has 0 aliphatic rings. The SMILES string of the molecule is CC(C)c1cc(C(C)C)c(S(=O)(=O)[O-])c(C(C)C)c1C=O. The Bertz CT molecular complexity index is 641. The highest BCUT2D eigenvalue weighted by molar-refractivity contribution is 7.85. The van der Waals surface area contributed by atoms with Gasteiger partial charge in [-0.15, -0.1) is 0 Å². The van der Waals surface area contributed by atoms with Crippen LogP contribution in [-0.4, -0.2) is 19.3 Å². The molecule has 0 amide bonds. The molecule has 0 bridgehead atoms. The van der Waals surface area contributed by atoms with Crippen molar-refractivity contribution in [1.29, 1.82) is 0 Å². The van der Waals surface area contributed by atoms with Crippen molar-refractivity contribution in [2.24, 2.45) is 0 Å². The molecular formula is C16H23O4S-. The van der Waals surface area contributed by atoms with Crippen molar-refractivity contribution in [2.45, 2.75) is 64.2 Å². The highest BCUT2D eigenvalue weighted by Crippen LogP contribution is 2.37. The van der Waals surface area contributed by atoms with E-state index in [0.29, 0.717) is 23.0 Å². The van der Waals surface area contributed by atoms with Gasteiger partial charge in [0.1, 0.15) is 10.1 Å². The van der Waals surface area contributed by atoms with E-state index in [1.54, 1.807) is 19.9 Å². The molecule has 0 unspecified atom stereocenters. The van der Waals surface area contributed by atoms with Crippen molar-refractivity contribution in [2.75, 3.05) is 0 Å². The predicted molar refractivity (Wildman–Crippen MR) is 82.1 cm³/mol. The summed E-state index contributed by atoms with van der Waals surface area (Å²) in [5.74, 6) is -0.261. The van der Waals surface area contributed by atoms with Crippen LogP contribution in [-0.2, 0) is 10.1 Å². The zero-order valence-corrected chi connectivity index (χ0v) is 14.2. The Hall–Kier alpha value is -1.20. The van der Waals surface area contributed by atoms with Gasteiger partial charge < -0.3 is 4.55 Å². The molecule has 0 N–H and O–H groups in total. The van der Waals surface area contributed by atoms with Crippen LogP contribution in [0.3, 0.4) is 0 Å². The normalized spacial score (nSPS) is 12.5. The van der Waals surface area contributed by atoms with Crippen LogP contribution in [0.2, 0.25) is 0 Å². The van der Waals surface area contributed by atoms with Crippen LogP contribution in [0.1, 0.15) is 86.3 Å². The first kappa shape index (κ1) is 17.9. The third-order valence-electron chi connectivity index (χ3n) is 3.61. The second-order valence-electron chi connectivity index (χ2n) is 6.25. The maximum atomic E-state index is 11.8. The minimum atomic E-state index is -4.64. The number of benzene rings is 1. The lowest BCUT2D eigenvalue weighted by Crippen LogP contribution is -2.15. The lowest BCUT2D eigenvalue weighted by molar-refractivity contribution is 0.112. The zero-order chi connectivity index (χ0) is 16.5. The molecule has 1 rings (SSSR count). The van der Waals surface area contributed by atoms with Crippen molar-refractivity contribution in [3.05, 3.63) is 28.3 Å². The molecule has 0 saturated heterocycles. The van der Waals surface area contributed by atoms with Crippen LogP contribution in [0.25, 0.3) is 0 Å². The van der Waals surface area contributed by atoms with Gasteiger partial charge in [0.15, 0.2) is 6.29 Å². The molecule has 1 aromatic rings. The van der Waals surface area contributed by atoms with Gasteiger partial charge in [0.05, 0.1) is 4.90 Å². The molecule has 0 aromatic heterocycles. The molecule has 0 fully saturated rings. The third kappa shape index (κ3) is 3.52. The molecule has 4 nitrogen and oxygen atoms in total. The van der Waals surface area contributed by atoms with Gasteiger partial charge in [0.25, 0.3) is 0 Å². The van der Waals surface area contributed by atoms with Crippen LogP contribution in [0.5, 0.6) is 0 Å². The average molecular weight is 311 g/mol. The van der Waals surface area contributed by atoms with Gasteiger partial charge in [-0.05, 0) is 34.4 Å². The summed E-state index contributed by atoms with van der Waals surface area (Å²) in [6, 6.07) is 1.70. The molecule has 0 saturated carbocycles. The second kappa shape index (κ2) is 6.28. The fourth-order valence-electron chi connectivity index (χ4n) is 2.63. The van der Waals surface area contributed by atoms with Crippen molar-refractivity contribution in [1.82, 2.24) is 0 Å². The van der Waals surface area contributed by atoms with Gasteiger partial charge in [0, 0.05) is 5.56 Å². The fourth-order valence-corrected chi connectivity index (χ4v) is 3.83. The number of hydrogen-bond donors (Lipinski definition) is 0. The topological polar surface area (TPSA) is 74.3 Å². The Morgan fingerprint density at radius 2 is 1.43 bits per heavy atom. The summed E-state index contributed by atoms with van der Waals surface area (Å²) in [6.07, 6.45) is 0.670. The van der Waals surface area contributed by atoms with Crippen LogP contribution >= 0.6 is 0 Å². The first-order chi connectivity index (χ1) is 9.52. The molecule has 0 spiro atoms. The smallest absolute Gasteiger partial charge is 0.150 e. The van der Waals surface area contributed by atoms with Gasteiger partial charge in [0.2, 0.25) is 0 Å². The highest BCUT2D eigenvalue weighted by Gasteiger charge is 2.25. The number of rotatable bonds is 5. The van der Waals surface area contributed by atoms with E-state index < -0.39 is 10.1 Å². The summed E-state index contributed by atoms with van der Waals surface area (Å²) in [4.78, 5) is 11.3. The first-order valence-electron chi connectivity index (χ1n) is 7.14. The Morgan fingerprint density at radius 3 is 1.71 bits per heavy atom. The first-order valence-corrected chi connectivity index (χ1v) is 8.54. The molecule has 5 heteroatoms. The van der Waals surface area contributed by atoms with Crippen molar-refractivity contribution >= 4 is 16.4 Å². The van der Waals surface area contributed by atoms with E-state index in [1.807, 2.05) is 27.7 Å². The molecular weight excluding hydrogens is 288 g/mol. The lowest BCUT2D eigenvalue weighted by atomic mass is 9.85. The Morgan fingerprint density at radius 1 is 0.952 bits per heavy atom. The quantitative estimate of drug-likeness (QED) is 0.612. The van der Waals surface area contributed by atoms with Crippen LogP contribution in [0, 0.1) is 0 Å². The molecule has 21 heavy (non-hydrogen) atoms. The summed E-state index contributed by atoms with van der Waals surface area (Å²) in [6.45, 7) is 11.2. The zero-order valence-electron chi connectivity index (χ0n) is 13.4. The van der Waals surface area contributed by atoms with Crippen LogP contribution in [0.4, 0.5) is 0 Å². The van der Waals surface area contributed by atoms with E-state index >= 15 is 0 Å². The number of carbonyl (C=O) groups is 1. The molecule has 118 valence electrons. The van der Waals surface area contributed by atoms with E-state index in [2.05, 4.69) is 0 Å². The van der Waals surface area contributed by atoms with Crippen LogP contribution in [0.15, 0.2) is 11.0 Å². The highest BCUT2D eigenvalue weighted by atomic mass is 32.2. The van der Waals surface area contributed by atoms with Crippen LogP contribution < -0.4 is 0 Å². The van der Waals surface area contributed by atoms with Gasteiger partial charge in [-0.3, -0.25) is 4.79 Å². The third-order valence-corrected chi connectivity index (χ3v) is 4.56. The molecule has 0 aliphatic heterocycles. The molecule has 0 heterocycles. The van der Waals surface area contributed by atoms with Crippen molar-refractivity contribution in [3.8, 4) is 0 Å². The Labute approximate surface area is 127 Å². The Balaban J connectivity index is 4.05. The summed E-state index contributed by atoms with van der Waals surface area (Å²) in [5.41, 5.74) is 2.00. The summed E-state index contributed by atoms with van der Waals surface area (Å²) in [5, 5.41) is 0. The van der Waals surface area contributed by atoms with E-state index in [0.717, 1.165) is 5.56 Å². The minimum absolute atomic E-state index is 0.0728. The van der Waals surface area contributed by atoms with E-state index in [9.17, 15) is 17.8 Å². The second-order valence-corrected chi connectivity index (χ2v) is 7.56. The summed E-state index contributed by atoms with van der Waals surface area (Å²) < 4.78 is 35.3. The van der Waals surface area contributed by atoms with Crippen molar-refractivity contribution < 1.29 is 17.8 Å². The van der Waals surface area contributed by atoms with Gasteiger partial charge >= 0.3 is 0 Å². The van der Waals surface area contributed by atoms with E-state index in [-0.39, 0.29) is 22.6 Å². The lowest BCUT2D eigenvalue weighted by Gasteiger charge is -2.26.